The van der Waals surface area contributed by atoms with Crippen LogP contribution >= 0.6 is 22.6 Å². The lowest BCUT2D eigenvalue weighted by atomic mass is 9.86. The number of aromatic hydroxyl groups is 1. The molecule has 1 heterocycles. The third-order valence-corrected chi connectivity index (χ3v) is 6.17. The van der Waals surface area contributed by atoms with E-state index in [1.54, 1.807) is 57.8 Å². The first-order chi connectivity index (χ1) is 16.3. The highest BCUT2D eigenvalue weighted by Gasteiger charge is 2.36. The van der Waals surface area contributed by atoms with Crippen molar-refractivity contribution < 1.29 is 23.8 Å². The Hall–Kier alpha value is -3.01. The second-order valence-corrected chi connectivity index (χ2v) is 9.60. The molecule has 1 N–H and O–H groups in total. The number of hydrogen-bond acceptors (Lipinski definition) is 5. The summed E-state index contributed by atoms with van der Waals surface area (Å²) >= 11 is 1.66. The van der Waals surface area contributed by atoms with Gasteiger partial charge in [-0.05, 0) is 87.8 Å². The first-order valence-corrected chi connectivity index (χ1v) is 12.0. The van der Waals surface area contributed by atoms with E-state index in [0.29, 0.717) is 11.5 Å². The average molecular weight is 576 g/mol. The highest BCUT2D eigenvalue weighted by Crippen LogP contribution is 2.43. The molecule has 3 aromatic rings. The second-order valence-electron chi connectivity index (χ2n) is 8.25. The van der Waals surface area contributed by atoms with E-state index in [-0.39, 0.29) is 24.7 Å². The van der Waals surface area contributed by atoms with Crippen molar-refractivity contribution in [3.8, 4) is 17.2 Å². The molecule has 0 saturated heterocycles. The number of rotatable bonds is 7. The van der Waals surface area contributed by atoms with Gasteiger partial charge in [0, 0.05) is 25.5 Å². The summed E-state index contributed by atoms with van der Waals surface area (Å²) in [6.45, 7) is -0.117. The molecule has 0 saturated carbocycles. The Labute approximate surface area is 212 Å². The molecule has 0 bridgehead atoms. The number of methoxy groups -OCH3 is 1. The van der Waals surface area contributed by atoms with E-state index in [1.807, 2.05) is 49.3 Å². The van der Waals surface area contributed by atoms with Gasteiger partial charge in [0.15, 0.2) is 15.7 Å². The van der Waals surface area contributed by atoms with Gasteiger partial charge in [0.2, 0.25) is 5.91 Å². The molecule has 1 amide bonds. The Morgan fingerprint density at radius 2 is 1.79 bits per heavy atom. The van der Waals surface area contributed by atoms with E-state index < -0.39 is 10.2 Å². The summed E-state index contributed by atoms with van der Waals surface area (Å²) in [5, 5.41) is 9.84. The van der Waals surface area contributed by atoms with Crippen LogP contribution < -0.4 is 19.3 Å². The van der Waals surface area contributed by atoms with Crippen molar-refractivity contribution in [3.05, 3.63) is 77.4 Å². The maximum Gasteiger partial charge on any atom is 0.232 e. The highest BCUT2D eigenvalue weighted by molar-refractivity contribution is 14.1. The zero-order chi connectivity index (χ0) is 24.4. The Morgan fingerprint density at radius 1 is 1.12 bits per heavy atom. The number of amides is 1. The lowest BCUT2D eigenvalue weighted by Gasteiger charge is -2.38. The monoisotopic (exact) mass is 576 g/mol. The van der Waals surface area contributed by atoms with Crippen LogP contribution in [0, 0.1) is 0 Å². The Morgan fingerprint density at radius 3 is 2.38 bits per heavy atom. The van der Waals surface area contributed by atoms with Gasteiger partial charge in [-0.2, -0.15) is 0 Å². The third kappa shape index (κ3) is 4.91. The zero-order valence-corrected chi connectivity index (χ0v) is 21.3. The lowest BCUT2D eigenvalue weighted by molar-refractivity contribution is -0.118. The molecule has 2 unspecified atom stereocenters. The summed E-state index contributed by atoms with van der Waals surface area (Å²) < 4.78 is 23.5. The predicted molar refractivity (Wildman–Crippen MR) is 139 cm³/mol. The summed E-state index contributed by atoms with van der Waals surface area (Å²) in [5.74, 6) is 0.955. The van der Waals surface area contributed by atoms with E-state index in [9.17, 15) is 14.3 Å². The topological polar surface area (TPSA) is 62.2 Å². The number of carbonyl (C=O) groups excluding carboxylic acids is 1. The van der Waals surface area contributed by atoms with E-state index in [0.717, 1.165) is 28.1 Å². The quantitative estimate of drug-likeness (QED) is 0.308. The summed E-state index contributed by atoms with van der Waals surface area (Å²) in [7, 11) is 5.44. The van der Waals surface area contributed by atoms with Gasteiger partial charge >= 0.3 is 0 Å². The number of benzene rings is 3. The molecule has 1 aliphatic rings. The number of phenols is 1. The number of alkyl halides is 2. The summed E-state index contributed by atoms with van der Waals surface area (Å²) in [6, 6.07) is 17.8. The standard InChI is InChI=1S/C26H26FIN2O4/c1-29(2)18-6-8-19(9-7-18)30-25(32)13-17-12-22(33-3)23(34-15-24(27)28)14-21(17)26(30)16-4-10-20(31)11-5-16/h4-12,14,24,26,31H,13,15H2,1-3H3. The molecule has 8 heteroatoms. The number of hydrogen-bond donors (Lipinski definition) is 1. The number of fused-ring (bicyclic) bond motifs is 1. The van der Waals surface area contributed by atoms with Gasteiger partial charge in [-0.15, -0.1) is 0 Å². The Balaban J connectivity index is 1.86. The van der Waals surface area contributed by atoms with Crippen molar-refractivity contribution in [1.82, 2.24) is 0 Å². The maximum atomic E-state index is 13.5. The number of anilines is 2. The molecule has 4 rings (SSSR count). The minimum Gasteiger partial charge on any atom is -0.508 e. The third-order valence-electron chi connectivity index (χ3n) is 5.81. The van der Waals surface area contributed by atoms with Crippen molar-refractivity contribution >= 4 is 39.9 Å². The van der Waals surface area contributed by atoms with Gasteiger partial charge in [-0.1, -0.05) is 12.1 Å². The SMILES string of the molecule is COc1cc2c(cc1OCC(F)I)C(c1ccc(O)cc1)N(c1ccc(N(C)C)cc1)C(=O)C2. The van der Waals surface area contributed by atoms with Crippen molar-refractivity contribution in [2.45, 2.75) is 16.6 Å². The van der Waals surface area contributed by atoms with Gasteiger partial charge in [-0.3, -0.25) is 4.79 Å². The van der Waals surface area contributed by atoms with Crippen LogP contribution in [0.5, 0.6) is 17.2 Å². The van der Waals surface area contributed by atoms with E-state index in [2.05, 4.69) is 0 Å². The largest absolute Gasteiger partial charge is 0.508 e. The van der Waals surface area contributed by atoms with Gasteiger partial charge in [0.25, 0.3) is 0 Å². The molecule has 0 aromatic heterocycles. The summed E-state index contributed by atoms with van der Waals surface area (Å²) in [6.07, 6.45) is 0.189. The average Bonchev–Trinajstić information content (AvgIpc) is 2.82. The number of ether oxygens (including phenoxy) is 2. The predicted octanol–water partition coefficient (Wildman–Crippen LogP) is 5.25. The van der Waals surface area contributed by atoms with Gasteiger partial charge < -0.3 is 24.4 Å². The summed E-state index contributed by atoms with van der Waals surface area (Å²) in [4.78, 5) is 17.2. The number of halogens is 2. The van der Waals surface area contributed by atoms with Crippen molar-refractivity contribution in [1.29, 1.82) is 0 Å². The Bertz CT molecular complexity index is 1170. The molecule has 178 valence electrons. The molecule has 6 nitrogen and oxygen atoms in total. The number of phenolic OH excluding ortho intramolecular Hbond substituents is 1. The van der Waals surface area contributed by atoms with Crippen LogP contribution in [0.4, 0.5) is 15.8 Å². The van der Waals surface area contributed by atoms with Crippen molar-refractivity contribution in [2.24, 2.45) is 0 Å². The van der Waals surface area contributed by atoms with Crippen LogP contribution in [-0.2, 0) is 11.2 Å². The van der Waals surface area contributed by atoms with Gasteiger partial charge in [0.1, 0.15) is 12.4 Å². The molecular formula is C26H26FIN2O4. The molecule has 0 aliphatic carbocycles. The van der Waals surface area contributed by atoms with Crippen LogP contribution in [0.2, 0.25) is 0 Å². The van der Waals surface area contributed by atoms with Gasteiger partial charge in [0.05, 0.1) is 19.6 Å². The fourth-order valence-corrected chi connectivity index (χ4v) is 4.35. The fourth-order valence-electron chi connectivity index (χ4n) is 4.17. The number of nitrogens with zero attached hydrogens (tertiary/aromatic N) is 2. The smallest absolute Gasteiger partial charge is 0.232 e. The Kier molecular flexibility index (Phi) is 7.16. The van der Waals surface area contributed by atoms with Crippen molar-refractivity contribution in [2.75, 3.05) is 37.6 Å². The molecule has 0 radical (unpaired) electrons. The minimum atomic E-state index is -1.17. The maximum absolute atomic E-state index is 13.5. The number of carbonyl (C=O) groups is 1. The van der Waals surface area contributed by atoms with E-state index in [4.69, 9.17) is 9.47 Å². The van der Waals surface area contributed by atoms with Crippen LogP contribution in [0.15, 0.2) is 60.7 Å². The van der Waals surface area contributed by atoms with Gasteiger partial charge in [-0.25, -0.2) is 4.39 Å². The normalized spacial score (nSPS) is 16.1. The highest BCUT2D eigenvalue weighted by atomic mass is 127. The molecular weight excluding hydrogens is 550 g/mol. The van der Waals surface area contributed by atoms with E-state index in [1.165, 1.54) is 7.11 Å². The molecule has 2 atom stereocenters. The van der Waals surface area contributed by atoms with Crippen LogP contribution in [0.25, 0.3) is 0 Å². The first-order valence-electron chi connectivity index (χ1n) is 10.8. The van der Waals surface area contributed by atoms with E-state index >= 15 is 0 Å². The van der Waals surface area contributed by atoms with Crippen LogP contribution in [0.1, 0.15) is 22.7 Å². The van der Waals surface area contributed by atoms with Crippen molar-refractivity contribution in [3.63, 3.8) is 0 Å². The molecule has 1 aliphatic heterocycles. The molecule has 0 spiro atoms. The second kappa shape index (κ2) is 10.1. The minimum absolute atomic E-state index is 0.0602. The zero-order valence-electron chi connectivity index (χ0n) is 19.2. The summed E-state index contributed by atoms with van der Waals surface area (Å²) in [5.41, 5.74) is 4.29. The van der Waals surface area contributed by atoms with Crippen LogP contribution in [0.3, 0.4) is 0 Å². The first kappa shape index (κ1) is 24.1. The fraction of sp³-hybridized carbons (Fsp3) is 0.269. The lowest BCUT2D eigenvalue weighted by Crippen LogP contribution is -2.41. The molecule has 3 aromatic carbocycles. The van der Waals surface area contributed by atoms with Crippen LogP contribution in [-0.4, -0.2) is 43.0 Å². The molecule has 34 heavy (non-hydrogen) atoms. The molecule has 0 fully saturated rings.